The van der Waals surface area contributed by atoms with Crippen LogP contribution in [0.2, 0.25) is 0 Å². The summed E-state index contributed by atoms with van der Waals surface area (Å²) in [5.74, 6) is 0.980. The summed E-state index contributed by atoms with van der Waals surface area (Å²) in [6.45, 7) is 2.35. The van der Waals surface area contributed by atoms with Gasteiger partial charge in [0.25, 0.3) is 5.56 Å². The Labute approximate surface area is 128 Å². The zero-order chi connectivity index (χ0) is 16.3. The molecule has 6 heteroatoms. The summed E-state index contributed by atoms with van der Waals surface area (Å²) in [6.07, 6.45) is 0. The maximum absolute atomic E-state index is 12.4. The molecule has 0 atom stereocenters. The lowest BCUT2D eigenvalue weighted by Crippen LogP contribution is -2.30. The van der Waals surface area contributed by atoms with Crippen molar-refractivity contribution in [3.05, 3.63) is 46.2 Å². The summed E-state index contributed by atoms with van der Waals surface area (Å²) < 4.78 is 12.1. The number of benzene rings is 1. The minimum absolute atomic E-state index is 0.200. The van der Waals surface area contributed by atoms with E-state index in [0.717, 1.165) is 11.3 Å². The zero-order valence-corrected chi connectivity index (χ0v) is 12.8. The van der Waals surface area contributed by atoms with Gasteiger partial charge in [-0.3, -0.25) is 10.2 Å². The average molecular weight is 301 g/mol. The van der Waals surface area contributed by atoms with Crippen LogP contribution in [-0.4, -0.2) is 24.6 Å². The molecule has 0 spiro atoms. The number of hydrogen-bond acceptors (Lipinski definition) is 4. The Morgan fingerprint density at radius 1 is 1.18 bits per heavy atom. The highest BCUT2D eigenvalue weighted by Gasteiger charge is 2.13. The molecule has 6 nitrogen and oxygen atoms in total. The molecule has 1 heterocycles. The maximum Gasteiger partial charge on any atom is 0.261 e. The molecule has 2 rings (SSSR count). The first-order chi connectivity index (χ1) is 10.5. The lowest BCUT2D eigenvalue weighted by molar-refractivity contribution is 0.355. The molecule has 3 N–H and O–H groups in total. The third-order valence-corrected chi connectivity index (χ3v) is 3.46. The predicted octanol–water partition coefficient (Wildman–Crippen LogP) is 1.84. The van der Waals surface area contributed by atoms with E-state index < -0.39 is 0 Å². The summed E-state index contributed by atoms with van der Waals surface area (Å²) in [5, 5.41) is 7.47. The molecule has 0 aliphatic carbocycles. The molecule has 0 bridgehead atoms. The molecule has 0 aliphatic heterocycles. The molecule has 0 radical (unpaired) electrons. The topological polar surface area (TPSA) is 90.3 Å². The minimum Gasteiger partial charge on any atom is -0.493 e. The Balaban J connectivity index is 2.65. The van der Waals surface area contributed by atoms with Crippen LogP contribution < -0.4 is 20.8 Å². The van der Waals surface area contributed by atoms with Gasteiger partial charge in [0.05, 0.1) is 25.5 Å². The number of rotatable bonds is 5. The molecule has 0 amide bonds. The lowest BCUT2D eigenvalue weighted by Gasteiger charge is -2.14. The van der Waals surface area contributed by atoms with Gasteiger partial charge in [-0.15, -0.1) is 0 Å². The van der Waals surface area contributed by atoms with Crippen LogP contribution in [0.3, 0.4) is 0 Å². The van der Waals surface area contributed by atoms with Gasteiger partial charge < -0.3 is 19.8 Å². The third kappa shape index (κ3) is 2.67. The van der Waals surface area contributed by atoms with Gasteiger partial charge >= 0.3 is 0 Å². The molecule has 0 saturated carbocycles. The Kier molecular flexibility index (Phi) is 4.50. The van der Waals surface area contributed by atoms with E-state index >= 15 is 0 Å². The van der Waals surface area contributed by atoms with Crippen molar-refractivity contribution in [1.82, 2.24) is 4.57 Å². The van der Waals surface area contributed by atoms with E-state index in [1.54, 1.807) is 37.0 Å². The van der Waals surface area contributed by atoms with E-state index in [4.69, 9.17) is 20.6 Å². The molecule has 0 aliphatic rings. The first-order valence-corrected chi connectivity index (χ1v) is 6.84. The summed E-state index contributed by atoms with van der Waals surface area (Å²) in [6, 6.07) is 8.81. The van der Waals surface area contributed by atoms with Crippen LogP contribution in [0.25, 0.3) is 11.3 Å². The Bertz CT molecular complexity index is 766. The second kappa shape index (κ2) is 6.34. The second-order valence-corrected chi connectivity index (χ2v) is 4.67. The summed E-state index contributed by atoms with van der Waals surface area (Å²) >= 11 is 0. The molecular weight excluding hydrogens is 282 g/mol. The van der Waals surface area contributed by atoms with E-state index in [2.05, 4.69) is 0 Å². The van der Waals surface area contributed by atoms with Gasteiger partial charge in [0.1, 0.15) is 5.84 Å². The highest BCUT2D eigenvalue weighted by atomic mass is 16.5. The van der Waals surface area contributed by atoms with Crippen LogP contribution >= 0.6 is 0 Å². The number of nitrogens with one attached hydrogen (secondary N) is 1. The number of hydrogen-bond donors (Lipinski definition) is 2. The second-order valence-electron chi connectivity index (χ2n) is 4.67. The average Bonchev–Trinajstić information content (AvgIpc) is 2.53. The van der Waals surface area contributed by atoms with Crippen LogP contribution in [0.5, 0.6) is 11.5 Å². The Morgan fingerprint density at radius 3 is 2.41 bits per heavy atom. The van der Waals surface area contributed by atoms with Crippen LogP contribution in [0.4, 0.5) is 0 Å². The van der Waals surface area contributed by atoms with E-state index in [1.165, 1.54) is 0 Å². The smallest absolute Gasteiger partial charge is 0.261 e. The van der Waals surface area contributed by atoms with E-state index in [0.29, 0.717) is 18.0 Å². The molecule has 116 valence electrons. The fourth-order valence-corrected chi connectivity index (χ4v) is 2.34. The van der Waals surface area contributed by atoms with Crippen molar-refractivity contribution >= 4 is 5.84 Å². The molecule has 2 aromatic rings. The van der Waals surface area contributed by atoms with Crippen molar-refractivity contribution < 1.29 is 9.47 Å². The summed E-state index contributed by atoms with van der Waals surface area (Å²) in [5.41, 5.74) is 6.93. The Morgan fingerprint density at radius 2 is 1.86 bits per heavy atom. The number of ether oxygens (including phenoxy) is 2. The van der Waals surface area contributed by atoms with E-state index in [1.807, 2.05) is 19.1 Å². The van der Waals surface area contributed by atoms with Gasteiger partial charge in [-0.25, -0.2) is 0 Å². The molecule has 1 aromatic carbocycles. The summed E-state index contributed by atoms with van der Waals surface area (Å²) in [4.78, 5) is 12.4. The van der Waals surface area contributed by atoms with E-state index in [-0.39, 0.29) is 17.0 Å². The van der Waals surface area contributed by atoms with Gasteiger partial charge in [0.2, 0.25) is 0 Å². The highest BCUT2D eigenvalue weighted by molar-refractivity contribution is 5.94. The SMILES string of the molecule is CCn1c(-c2ccc(OC)c(OC)c2)ccc(C(=N)N)c1=O. The number of nitrogens with zero attached hydrogens (tertiary/aromatic N) is 1. The Hall–Kier alpha value is -2.76. The largest absolute Gasteiger partial charge is 0.493 e. The number of methoxy groups -OCH3 is 2. The minimum atomic E-state index is -0.276. The first kappa shape index (κ1) is 15.6. The standard InChI is InChI=1S/C16H19N3O3/c1-4-19-12(7-6-11(15(17)18)16(19)20)10-5-8-13(21-2)14(9-10)22-3/h5-9H,4H2,1-3H3,(H3,17,18). The van der Waals surface area contributed by atoms with Gasteiger partial charge in [0, 0.05) is 12.1 Å². The third-order valence-electron chi connectivity index (χ3n) is 3.46. The fourth-order valence-electron chi connectivity index (χ4n) is 2.34. The van der Waals surface area contributed by atoms with Crippen molar-refractivity contribution in [3.8, 4) is 22.8 Å². The van der Waals surface area contributed by atoms with Gasteiger partial charge in [-0.2, -0.15) is 0 Å². The monoisotopic (exact) mass is 301 g/mol. The van der Waals surface area contributed by atoms with Gasteiger partial charge in [-0.1, -0.05) is 0 Å². The number of aromatic nitrogens is 1. The quantitative estimate of drug-likeness (QED) is 0.651. The molecule has 1 aromatic heterocycles. The molecular formula is C16H19N3O3. The van der Waals surface area contributed by atoms with Crippen molar-refractivity contribution in [1.29, 1.82) is 5.41 Å². The maximum atomic E-state index is 12.4. The van der Waals surface area contributed by atoms with Gasteiger partial charge in [-0.05, 0) is 37.3 Å². The molecule has 22 heavy (non-hydrogen) atoms. The number of nitrogen functional groups attached to an aromatic ring is 1. The molecule has 0 unspecified atom stereocenters. The van der Waals surface area contributed by atoms with E-state index in [9.17, 15) is 4.79 Å². The number of pyridine rings is 1. The van der Waals surface area contributed by atoms with Crippen LogP contribution in [0.1, 0.15) is 12.5 Å². The predicted molar refractivity (Wildman–Crippen MR) is 85.9 cm³/mol. The number of amidine groups is 1. The van der Waals surface area contributed by atoms with Crippen LogP contribution in [0.15, 0.2) is 35.1 Å². The van der Waals surface area contributed by atoms with Crippen molar-refractivity contribution in [2.24, 2.45) is 5.73 Å². The fraction of sp³-hybridized carbons (Fsp3) is 0.250. The van der Waals surface area contributed by atoms with Crippen molar-refractivity contribution in [2.45, 2.75) is 13.5 Å². The normalized spacial score (nSPS) is 10.3. The van der Waals surface area contributed by atoms with Gasteiger partial charge in [0.15, 0.2) is 11.5 Å². The first-order valence-electron chi connectivity index (χ1n) is 6.84. The van der Waals surface area contributed by atoms with Crippen molar-refractivity contribution in [2.75, 3.05) is 14.2 Å². The van der Waals surface area contributed by atoms with Crippen LogP contribution in [0, 0.1) is 5.41 Å². The molecule has 0 fully saturated rings. The molecule has 0 saturated heterocycles. The summed E-state index contributed by atoms with van der Waals surface area (Å²) in [7, 11) is 3.13. The highest BCUT2D eigenvalue weighted by Crippen LogP contribution is 2.31. The zero-order valence-electron chi connectivity index (χ0n) is 12.8. The number of nitrogens with two attached hydrogens (primary N) is 1. The lowest BCUT2D eigenvalue weighted by atomic mass is 10.1. The van der Waals surface area contributed by atoms with Crippen LogP contribution in [-0.2, 0) is 6.54 Å². The van der Waals surface area contributed by atoms with Crippen molar-refractivity contribution in [3.63, 3.8) is 0 Å².